The molecule has 0 bridgehead atoms. The Hall–Kier alpha value is -3.38. The van der Waals surface area contributed by atoms with Gasteiger partial charge in [0.05, 0.1) is 12.2 Å². The molecule has 0 amide bonds. The van der Waals surface area contributed by atoms with Crippen LogP contribution in [-0.2, 0) is 6.18 Å². The third-order valence-corrected chi connectivity index (χ3v) is 4.87. The fraction of sp³-hybridized carbons (Fsp3) is 0.350. The number of pyridine rings is 2. The van der Waals surface area contributed by atoms with E-state index < -0.39 is 24.1 Å². The van der Waals surface area contributed by atoms with Crippen LogP contribution in [0.15, 0.2) is 36.5 Å². The minimum absolute atomic E-state index is 0.0602. The summed E-state index contributed by atoms with van der Waals surface area (Å²) in [4.78, 5) is 22.3. The highest BCUT2D eigenvalue weighted by molar-refractivity contribution is 5.59. The Balaban J connectivity index is 1.75. The second-order valence-electron chi connectivity index (χ2n) is 7.37. The molecule has 0 aromatic carbocycles. The zero-order valence-electron chi connectivity index (χ0n) is 17.0. The van der Waals surface area contributed by atoms with E-state index in [2.05, 4.69) is 30.2 Å². The van der Waals surface area contributed by atoms with Crippen molar-refractivity contribution in [2.45, 2.75) is 31.7 Å². The van der Waals surface area contributed by atoms with Crippen molar-refractivity contribution in [3.63, 3.8) is 0 Å². The summed E-state index contributed by atoms with van der Waals surface area (Å²) in [7, 11) is 0. The SMILES string of the molecule is Cc1cc(Nc2nc(-c3cccc(C(F)(F)F)n3)nc(N3CCC(O)C(O)C3)n2)ccn1. The van der Waals surface area contributed by atoms with Crippen LogP contribution >= 0.6 is 0 Å². The van der Waals surface area contributed by atoms with Gasteiger partial charge in [-0.2, -0.15) is 28.1 Å². The van der Waals surface area contributed by atoms with E-state index >= 15 is 0 Å². The van der Waals surface area contributed by atoms with Crippen LogP contribution in [0.25, 0.3) is 11.5 Å². The normalized spacial score (nSPS) is 19.1. The van der Waals surface area contributed by atoms with Crippen LogP contribution in [0.4, 0.5) is 30.8 Å². The van der Waals surface area contributed by atoms with Crippen molar-refractivity contribution >= 4 is 17.6 Å². The minimum atomic E-state index is -4.62. The second-order valence-corrected chi connectivity index (χ2v) is 7.37. The minimum Gasteiger partial charge on any atom is -0.390 e. The number of nitrogens with one attached hydrogen (secondary N) is 1. The predicted molar refractivity (Wildman–Crippen MR) is 109 cm³/mol. The number of aliphatic hydroxyl groups is 2. The van der Waals surface area contributed by atoms with Crippen molar-refractivity contribution in [3.8, 4) is 11.5 Å². The molecule has 0 saturated carbocycles. The monoisotopic (exact) mass is 447 g/mol. The summed E-state index contributed by atoms with van der Waals surface area (Å²) in [6.45, 7) is 2.22. The summed E-state index contributed by atoms with van der Waals surface area (Å²) in [6, 6.07) is 6.93. The number of hydrogen-bond donors (Lipinski definition) is 3. The van der Waals surface area contributed by atoms with Gasteiger partial charge in [0.25, 0.3) is 0 Å². The van der Waals surface area contributed by atoms with E-state index in [9.17, 15) is 23.4 Å². The molecule has 2 atom stereocenters. The molecular weight excluding hydrogens is 427 g/mol. The summed E-state index contributed by atoms with van der Waals surface area (Å²) in [5.41, 5.74) is 0.242. The standard InChI is InChI=1S/C20H20F3N7O2/c1-11-9-12(5-7-24-11)25-18-27-17(13-3-2-4-16(26-13)20(21,22)23)28-19(29-18)30-8-6-14(31)15(32)10-30/h2-5,7,9,14-15,31-32H,6,8,10H2,1H3,(H,24,25,27,28,29). The Kier molecular flexibility index (Phi) is 5.89. The quantitative estimate of drug-likeness (QED) is 0.553. The van der Waals surface area contributed by atoms with Crippen molar-refractivity contribution in [2.75, 3.05) is 23.3 Å². The summed E-state index contributed by atoms with van der Waals surface area (Å²) in [6.07, 6.45) is -4.60. The number of rotatable bonds is 4. The molecular formula is C20H20F3N7O2. The highest BCUT2D eigenvalue weighted by Gasteiger charge is 2.33. The zero-order valence-corrected chi connectivity index (χ0v) is 17.0. The predicted octanol–water partition coefficient (Wildman–Crippen LogP) is 2.33. The lowest BCUT2D eigenvalue weighted by Crippen LogP contribution is -2.47. The lowest BCUT2D eigenvalue weighted by Gasteiger charge is -2.33. The van der Waals surface area contributed by atoms with E-state index in [1.54, 1.807) is 23.2 Å². The first-order valence-electron chi connectivity index (χ1n) is 9.80. The maximum absolute atomic E-state index is 13.1. The van der Waals surface area contributed by atoms with E-state index in [1.165, 1.54) is 12.1 Å². The smallest absolute Gasteiger partial charge is 0.390 e. The first kappa shape index (κ1) is 21.8. The van der Waals surface area contributed by atoms with Gasteiger partial charge in [-0.25, -0.2) is 4.98 Å². The Labute approximate surface area is 181 Å². The number of aryl methyl sites for hydroxylation is 1. The summed E-state index contributed by atoms with van der Waals surface area (Å²) >= 11 is 0. The first-order chi connectivity index (χ1) is 15.2. The number of β-amino-alcohol motifs (C(OH)–C–C–N with tert-alkyl or cyclic N) is 1. The van der Waals surface area contributed by atoms with Gasteiger partial charge in [0.2, 0.25) is 11.9 Å². The molecule has 3 N–H and O–H groups in total. The molecule has 0 spiro atoms. The number of alkyl halides is 3. The molecule has 12 heteroatoms. The molecule has 0 aliphatic carbocycles. The summed E-state index contributed by atoms with van der Waals surface area (Å²) in [5.74, 6) is 0.179. The van der Waals surface area contributed by atoms with Crippen molar-refractivity contribution in [3.05, 3.63) is 47.9 Å². The van der Waals surface area contributed by atoms with E-state index in [1.807, 2.05) is 6.92 Å². The average molecular weight is 447 g/mol. The van der Waals surface area contributed by atoms with Crippen molar-refractivity contribution in [1.82, 2.24) is 24.9 Å². The molecule has 3 aromatic heterocycles. The zero-order chi connectivity index (χ0) is 22.9. The van der Waals surface area contributed by atoms with Gasteiger partial charge in [0.15, 0.2) is 5.82 Å². The van der Waals surface area contributed by atoms with Crippen LogP contribution in [0.1, 0.15) is 17.8 Å². The highest BCUT2D eigenvalue weighted by Crippen LogP contribution is 2.29. The third kappa shape index (κ3) is 4.92. The van der Waals surface area contributed by atoms with Gasteiger partial charge in [-0.15, -0.1) is 0 Å². The van der Waals surface area contributed by atoms with Crippen molar-refractivity contribution in [1.29, 1.82) is 0 Å². The molecule has 4 rings (SSSR count). The van der Waals surface area contributed by atoms with Crippen molar-refractivity contribution < 1.29 is 23.4 Å². The van der Waals surface area contributed by atoms with Gasteiger partial charge in [-0.1, -0.05) is 6.07 Å². The van der Waals surface area contributed by atoms with Crippen molar-refractivity contribution in [2.24, 2.45) is 0 Å². The highest BCUT2D eigenvalue weighted by atomic mass is 19.4. The Morgan fingerprint density at radius 1 is 1.06 bits per heavy atom. The number of aliphatic hydroxyl groups excluding tert-OH is 2. The molecule has 1 aliphatic rings. The number of hydrogen-bond acceptors (Lipinski definition) is 9. The fourth-order valence-corrected chi connectivity index (χ4v) is 3.25. The largest absolute Gasteiger partial charge is 0.433 e. The van der Waals surface area contributed by atoms with Gasteiger partial charge in [0, 0.05) is 30.7 Å². The average Bonchev–Trinajstić information content (AvgIpc) is 2.75. The van der Waals surface area contributed by atoms with Crippen LogP contribution in [-0.4, -0.2) is 60.4 Å². The first-order valence-corrected chi connectivity index (χ1v) is 9.80. The van der Waals surface area contributed by atoms with E-state index in [0.29, 0.717) is 12.2 Å². The third-order valence-electron chi connectivity index (χ3n) is 4.87. The number of anilines is 3. The number of nitrogens with zero attached hydrogens (tertiary/aromatic N) is 6. The Morgan fingerprint density at radius 3 is 2.59 bits per heavy atom. The molecule has 1 fully saturated rings. The summed E-state index contributed by atoms with van der Waals surface area (Å²) in [5, 5.41) is 22.8. The lowest BCUT2D eigenvalue weighted by molar-refractivity contribution is -0.141. The van der Waals surface area contributed by atoms with Crippen LogP contribution in [0.2, 0.25) is 0 Å². The van der Waals surface area contributed by atoms with Crippen LogP contribution in [0, 0.1) is 6.92 Å². The van der Waals surface area contributed by atoms with Gasteiger partial charge in [0.1, 0.15) is 11.4 Å². The molecule has 32 heavy (non-hydrogen) atoms. The van der Waals surface area contributed by atoms with Gasteiger partial charge in [-0.3, -0.25) is 4.98 Å². The summed E-state index contributed by atoms with van der Waals surface area (Å²) < 4.78 is 39.4. The molecule has 168 valence electrons. The second kappa shape index (κ2) is 8.63. The van der Waals surface area contributed by atoms with E-state index in [4.69, 9.17) is 0 Å². The molecule has 2 unspecified atom stereocenters. The Morgan fingerprint density at radius 2 is 1.88 bits per heavy atom. The van der Waals surface area contributed by atoms with Gasteiger partial charge >= 0.3 is 6.18 Å². The molecule has 3 aromatic rings. The van der Waals surface area contributed by atoms with Gasteiger partial charge < -0.3 is 20.4 Å². The Bertz CT molecular complexity index is 1110. The van der Waals surface area contributed by atoms with Gasteiger partial charge in [-0.05, 0) is 37.6 Å². The molecule has 4 heterocycles. The molecule has 0 radical (unpaired) electrons. The number of aromatic nitrogens is 5. The lowest BCUT2D eigenvalue weighted by atomic mass is 10.1. The number of piperidine rings is 1. The van der Waals surface area contributed by atoms with Crippen LogP contribution in [0.3, 0.4) is 0 Å². The fourth-order valence-electron chi connectivity index (χ4n) is 3.25. The maximum Gasteiger partial charge on any atom is 0.433 e. The maximum atomic E-state index is 13.1. The van der Waals surface area contributed by atoms with E-state index in [-0.39, 0.29) is 36.4 Å². The molecule has 1 saturated heterocycles. The number of halogens is 3. The van der Waals surface area contributed by atoms with Crippen LogP contribution < -0.4 is 10.2 Å². The topological polar surface area (TPSA) is 120 Å². The molecule has 1 aliphatic heterocycles. The van der Waals surface area contributed by atoms with E-state index in [0.717, 1.165) is 11.8 Å². The van der Waals surface area contributed by atoms with Crippen LogP contribution in [0.5, 0.6) is 0 Å². The molecule has 9 nitrogen and oxygen atoms in total.